The van der Waals surface area contributed by atoms with Gasteiger partial charge in [0.15, 0.2) is 29.1 Å². The Morgan fingerprint density at radius 1 is 1.16 bits per heavy atom. The average Bonchev–Trinajstić information content (AvgIpc) is 3.33. The van der Waals surface area contributed by atoms with Gasteiger partial charge in [-0.05, 0) is 13.8 Å². The number of rotatable bonds is 6. The van der Waals surface area contributed by atoms with Crippen molar-refractivity contribution in [3.05, 3.63) is 68.9 Å². The third kappa shape index (κ3) is 3.95. The van der Waals surface area contributed by atoms with Gasteiger partial charge in [-0.25, -0.2) is 22.0 Å². The fourth-order valence-electron chi connectivity index (χ4n) is 2.79. The van der Waals surface area contributed by atoms with Crippen LogP contribution in [0.25, 0.3) is 0 Å². The largest absolute Gasteiger partial charge is 0.309 e. The van der Waals surface area contributed by atoms with Crippen molar-refractivity contribution in [1.82, 2.24) is 19.6 Å². The van der Waals surface area contributed by atoms with Crippen LogP contribution in [0, 0.1) is 46.1 Å². The van der Waals surface area contributed by atoms with Crippen molar-refractivity contribution < 1.29 is 31.7 Å². The second-order valence-electron chi connectivity index (χ2n) is 6.43. The number of nitrogens with one attached hydrogen (secondary N) is 1. The maximum atomic E-state index is 13.8. The molecule has 0 saturated heterocycles. The van der Waals surface area contributed by atoms with E-state index in [9.17, 15) is 36.9 Å². The van der Waals surface area contributed by atoms with E-state index in [0.717, 1.165) is 21.8 Å². The Morgan fingerprint density at radius 3 is 2.29 bits per heavy atom. The number of halogens is 5. The van der Waals surface area contributed by atoms with Crippen LogP contribution in [0.3, 0.4) is 0 Å². The van der Waals surface area contributed by atoms with Gasteiger partial charge in [-0.1, -0.05) is 0 Å². The molecule has 1 N–H and O–H groups in total. The van der Waals surface area contributed by atoms with E-state index in [4.69, 9.17) is 0 Å². The van der Waals surface area contributed by atoms with E-state index in [1.54, 1.807) is 0 Å². The predicted molar refractivity (Wildman–Crippen MR) is 94.5 cm³/mol. The average molecular weight is 444 g/mol. The maximum Gasteiger partial charge on any atom is 0.309 e. The second kappa shape index (κ2) is 8.12. The number of hydrogen-bond acceptors (Lipinski definition) is 5. The van der Waals surface area contributed by atoms with E-state index in [2.05, 4.69) is 15.5 Å². The van der Waals surface area contributed by atoms with E-state index < -0.39 is 58.1 Å². The van der Waals surface area contributed by atoms with Crippen molar-refractivity contribution in [2.45, 2.75) is 26.4 Å². The quantitative estimate of drug-likeness (QED) is 0.207. The van der Waals surface area contributed by atoms with Gasteiger partial charge in [-0.15, -0.1) is 0 Å². The number of nitrogens with zero attached hydrogens (tertiary/aromatic N) is 5. The van der Waals surface area contributed by atoms with Crippen LogP contribution in [-0.4, -0.2) is 30.4 Å². The number of benzene rings is 1. The minimum absolute atomic E-state index is 0.0833. The molecule has 1 atom stereocenters. The van der Waals surface area contributed by atoms with E-state index in [0.29, 0.717) is 0 Å². The van der Waals surface area contributed by atoms with Crippen LogP contribution >= 0.6 is 0 Å². The Labute approximate surface area is 170 Å². The van der Waals surface area contributed by atoms with Gasteiger partial charge in [0.05, 0.1) is 17.0 Å². The molecule has 0 spiro atoms. The summed E-state index contributed by atoms with van der Waals surface area (Å²) in [5, 5.41) is 20.9. The smallest absolute Gasteiger partial charge is 0.307 e. The summed E-state index contributed by atoms with van der Waals surface area (Å²) in [6.45, 7) is 2.04. The first-order valence-corrected chi connectivity index (χ1v) is 8.56. The van der Waals surface area contributed by atoms with Crippen molar-refractivity contribution in [3.63, 3.8) is 0 Å². The minimum Gasteiger partial charge on any atom is -0.307 e. The number of carbonyl (C=O) groups excluding carboxylic acids is 1. The molecular weight excluding hydrogens is 431 g/mol. The summed E-state index contributed by atoms with van der Waals surface area (Å²) in [6, 6.07) is 0.253. The first-order chi connectivity index (χ1) is 14.5. The fourth-order valence-corrected chi connectivity index (χ4v) is 2.79. The molecule has 3 aromatic rings. The van der Waals surface area contributed by atoms with Crippen molar-refractivity contribution in [3.8, 4) is 0 Å². The van der Waals surface area contributed by atoms with Crippen LogP contribution in [0.2, 0.25) is 0 Å². The molecule has 0 radical (unpaired) electrons. The lowest BCUT2D eigenvalue weighted by Crippen LogP contribution is -2.25. The van der Waals surface area contributed by atoms with Crippen molar-refractivity contribution in [1.29, 1.82) is 0 Å². The number of carbonyl (C=O) groups is 1. The van der Waals surface area contributed by atoms with Crippen LogP contribution in [0.4, 0.5) is 33.5 Å². The molecule has 1 amide bonds. The SMILES string of the molecule is Cc1c([N+](=O)[O-])cnn1C(C)C(=O)Nc1ccn(Cc2c(F)c(F)c(F)c(F)c2F)n1. The fraction of sp³-hybridized carbons (Fsp3) is 0.235. The zero-order valence-corrected chi connectivity index (χ0v) is 15.9. The molecule has 31 heavy (non-hydrogen) atoms. The van der Waals surface area contributed by atoms with Gasteiger partial charge in [0.2, 0.25) is 11.7 Å². The Morgan fingerprint density at radius 2 is 1.74 bits per heavy atom. The third-order valence-electron chi connectivity index (χ3n) is 4.47. The Hall–Kier alpha value is -3.84. The van der Waals surface area contributed by atoms with Gasteiger partial charge in [0.1, 0.15) is 17.9 Å². The second-order valence-corrected chi connectivity index (χ2v) is 6.43. The zero-order valence-electron chi connectivity index (χ0n) is 15.9. The molecule has 0 fully saturated rings. The van der Waals surface area contributed by atoms with Crippen LogP contribution in [0.5, 0.6) is 0 Å². The van der Waals surface area contributed by atoms with Crippen molar-refractivity contribution in [2.75, 3.05) is 5.32 Å². The Balaban J connectivity index is 1.76. The molecule has 1 unspecified atom stereocenters. The summed E-state index contributed by atoms with van der Waals surface area (Å²) in [4.78, 5) is 22.6. The monoisotopic (exact) mass is 444 g/mol. The maximum absolute atomic E-state index is 13.8. The van der Waals surface area contributed by atoms with Gasteiger partial charge in [-0.2, -0.15) is 10.2 Å². The molecule has 0 saturated carbocycles. The molecule has 0 aliphatic rings. The third-order valence-corrected chi connectivity index (χ3v) is 4.47. The molecule has 164 valence electrons. The summed E-state index contributed by atoms with van der Waals surface area (Å²) in [6.07, 6.45) is 2.15. The number of anilines is 1. The molecule has 9 nitrogen and oxygen atoms in total. The summed E-state index contributed by atoms with van der Waals surface area (Å²) < 4.78 is 69.4. The van der Waals surface area contributed by atoms with E-state index in [1.807, 2.05) is 0 Å². The van der Waals surface area contributed by atoms with Crippen LogP contribution < -0.4 is 5.32 Å². The normalized spacial score (nSPS) is 12.1. The lowest BCUT2D eigenvalue weighted by Gasteiger charge is -2.13. The number of hydrogen-bond donors (Lipinski definition) is 1. The lowest BCUT2D eigenvalue weighted by atomic mass is 10.1. The van der Waals surface area contributed by atoms with Crippen molar-refractivity contribution >= 4 is 17.4 Å². The number of nitro groups is 1. The molecule has 0 aliphatic heterocycles. The zero-order chi connectivity index (χ0) is 23.0. The highest BCUT2D eigenvalue weighted by Crippen LogP contribution is 2.24. The summed E-state index contributed by atoms with van der Waals surface area (Å²) in [7, 11) is 0. The first kappa shape index (κ1) is 21.9. The van der Waals surface area contributed by atoms with E-state index >= 15 is 0 Å². The van der Waals surface area contributed by atoms with Gasteiger partial charge >= 0.3 is 5.69 Å². The van der Waals surface area contributed by atoms with Crippen LogP contribution in [0.1, 0.15) is 24.2 Å². The van der Waals surface area contributed by atoms with Gasteiger partial charge in [0, 0.05) is 12.3 Å². The van der Waals surface area contributed by atoms with Crippen molar-refractivity contribution in [2.24, 2.45) is 0 Å². The molecular formula is C17H13F5N6O3. The highest BCUT2D eigenvalue weighted by Gasteiger charge is 2.27. The standard InChI is InChI=1S/C17H13F5N6O3/c1-7-10(28(30)31)5-23-27(7)8(2)17(29)24-11-3-4-26(25-11)6-9-12(18)14(20)16(22)15(21)13(9)19/h3-5,8H,6H2,1-2H3,(H,24,25,29). The molecule has 2 aromatic heterocycles. The summed E-state index contributed by atoms with van der Waals surface area (Å²) >= 11 is 0. The van der Waals surface area contributed by atoms with Crippen LogP contribution in [0.15, 0.2) is 18.5 Å². The Bertz CT molecular complexity index is 1160. The minimum atomic E-state index is -2.27. The van der Waals surface area contributed by atoms with Crippen LogP contribution in [-0.2, 0) is 11.3 Å². The topological polar surface area (TPSA) is 108 Å². The molecule has 3 rings (SSSR count). The molecule has 0 aliphatic carbocycles. The predicted octanol–water partition coefficient (Wildman–Crippen LogP) is 3.24. The summed E-state index contributed by atoms with van der Waals surface area (Å²) in [5.74, 6) is -11.1. The molecule has 2 heterocycles. The van der Waals surface area contributed by atoms with E-state index in [-0.39, 0.29) is 17.2 Å². The first-order valence-electron chi connectivity index (χ1n) is 8.56. The molecule has 14 heteroatoms. The summed E-state index contributed by atoms with van der Waals surface area (Å²) in [5.41, 5.74) is -1.22. The van der Waals surface area contributed by atoms with Gasteiger partial charge in [-0.3, -0.25) is 24.3 Å². The van der Waals surface area contributed by atoms with E-state index in [1.165, 1.54) is 19.9 Å². The number of amides is 1. The molecule has 1 aromatic carbocycles. The highest BCUT2D eigenvalue weighted by molar-refractivity contribution is 5.92. The van der Waals surface area contributed by atoms with Gasteiger partial charge in [0.25, 0.3) is 0 Å². The molecule has 0 bridgehead atoms. The number of aromatic nitrogens is 4. The Kier molecular flexibility index (Phi) is 5.73. The highest BCUT2D eigenvalue weighted by atomic mass is 19.2. The van der Waals surface area contributed by atoms with Gasteiger partial charge < -0.3 is 5.32 Å². The lowest BCUT2D eigenvalue weighted by molar-refractivity contribution is -0.385.